The Kier molecular flexibility index (Phi) is 4.60. The molecule has 0 spiro atoms. The van der Waals surface area contributed by atoms with E-state index in [9.17, 15) is 8.42 Å². The molecule has 0 saturated carbocycles. The van der Waals surface area contributed by atoms with E-state index in [4.69, 9.17) is 16.7 Å². The molecular formula is C16H14ClN3O2S2. The molecule has 1 aromatic heterocycles. The molecule has 0 bridgehead atoms. The van der Waals surface area contributed by atoms with E-state index in [2.05, 4.69) is 4.99 Å². The minimum Gasteiger partial charge on any atom is -0.319 e. The molecule has 24 heavy (non-hydrogen) atoms. The summed E-state index contributed by atoms with van der Waals surface area (Å²) in [7, 11) is -1.94. The number of nitrogens with two attached hydrogens (primary N) is 1. The molecule has 1 heterocycles. The zero-order valence-electron chi connectivity index (χ0n) is 12.7. The summed E-state index contributed by atoms with van der Waals surface area (Å²) >= 11 is 7.69. The van der Waals surface area contributed by atoms with Gasteiger partial charge in [0.05, 0.1) is 16.3 Å². The Balaban J connectivity index is 2.14. The molecule has 2 N–H and O–H groups in total. The van der Waals surface area contributed by atoms with Crippen LogP contribution in [-0.4, -0.2) is 13.0 Å². The molecule has 0 aliphatic heterocycles. The minimum atomic E-state index is -3.79. The Morgan fingerprint density at radius 3 is 2.54 bits per heavy atom. The summed E-state index contributed by atoms with van der Waals surface area (Å²) in [6, 6.07) is 14.0. The predicted molar refractivity (Wildman–Crippen MR) is 96.8 cm³/mol. The van der Waals surface area contributed by atoms with Crippen LogP contribution in [0.4, 0.5) is 5.69 Å². The number of primary sulfonamides is 1. The maximum absolute atomic E-state index is 11.6. The largest absolute Gasteiger partial charge is 0.319 e. The van der Waals surface area contributed by atoms with Crippen LogP contribution in [0.15, 0.2) is 63.8 Å². The Labute approximate surface area is 148 Å². The van der Waals surface area contributed by atoms with Gasteiger partial charge >= 0.3 is 0 Å². The monoisotopic (exact) mass is 379 g/mol. The Morgan fingerprint density at radius 1 is 1.17 bits per heavy atom. The van der Waals surface area contributed by atoms with E-state index in [1.807, 2.05) is 47.3 Å². The van der Waals surface area contributed by atoms with Crippen LogP contribution < -0.4 is 9.94 Å². The minimum absolute atomic E-state index is 0.0228. The summed E-state index contributed by atoms with van der Waals surface area (Å²) in [6.45, 7) is 0. The van der Waals surface area contributed by atoms with E-state index in [0.717, 1.165) is 16.2 Å². The third-order valence-electron chi connectivity index (χ3n) is 3.45. The number of sulfonamides is 1. The standard InChI is InChI=1S/C16H14ClN3O2S2/c1-20-15(10-23-16(20)19-11-5-3-2-4-6-11)13-9-12(24(18,21)22)7-8-14(13)17/h2-10H,1H3,(H2,18,21,22)/b19-16+. The molecule has 3 aromatic rings. The van der Waals surface area contributed by atoms with E-state index in [1.165, 1.54) is 29.5 Å². The van der Waals surface area contributed by atoms with Crippen LogP contribution >= 0.6 is 22.9 Å². The second-order valence-corrected chi connectivity index (χ2v) is 7.90. The first-order chi connectivity index (χ1) is 11.4. The lowest BCUT2D eigenvalue weighted by Gasteiger charge is -2.07. The van der Waals surface area contributed by atoms with E-state index in [0.29, 0.717) is 10.6 Å². The Bertz CT molecular complexity index is 1050. The number of para-hydroxylation sites is 1. The van der Waals surface area contributed by atoms with Crippen molar-refractivity contribution in [3.05, 3.63) is 63.7 Å². The van der Waals surface area contributed by atoms with Crippen molar-refractivity contribution in [2.24, 2.45) is 17.2 Å². The molecule has 0 fully saturated rings. The number of nitrogens with zero attached hydrogens (tertiary/aromatic N) is 2. The van der Waals surface area contributed by atoms with Gasteiger partial charge in [0.15, 0.2) is 4.80 Å². The van der Waals surface area contributed by atoms with Crippen molar-refractivity contribution < 1.29 is 8.42 Å². The van der Waals surface area contributed by atoms with Crippen LogP contribution in [-0.2, 0) is 17.1 Å². The maximum atomic E-state index is 11.6. The second-order valence-electron chi connectivity index (χ2n) is 5.10. The molecule has 0 saturated heterocycles. The summed E-state index contributed by atoms with van der Waals surface area (Å²) in [6.07, 6.45) is 0. The van der Waals surface area contributed by atoms with Crippen LogP contribution in [0.1, 0.15) is 0 Å². The molecule has 0 atom stereocenters. The SMILES string of the molecule is Cn1c(-c2cc(S(N)(=O)=O)ccc2Cl)cs/c1=N/c1ccccc1. The van der Waals surface area contributed by atoms with Crippen molar-refractivity contribution in [2.75, 3.05) is 0 Å². The van der Waals surface area contributed by atoms with Gasteiger partial charge in [-0.3, -0.25) is 0 Å². The normalized spacial score (nSPS) is 12.5. The highest BCUT2D eigenvalue weighted by molar-refractivity contribution is 7.89. The van der Waals surface area contributed by atoms with Crippen molar-refractivity contribution in [2.45, 2.75) is 4.90 Å². The van der Waals surface area contributed by atoms with Crippen LogP contribution in [0.2, 0.25) is 5.02 Å². The number of halogens is 1. The molecule has 2 aromatic carbocycles. The smallest absolute Gasteiger partial charge is 0.238 e. The average molecular weight is 380 g/mol. The van der Waals surface area contributed by atoms with Crippen LogP contribution in [0, 0.1) is 0 Å². The van der Waals surface area contributed by atoms with E-state index in [1.54, 1.807) is 0 Å². The summed E-state index contributed by atoms with van der Waals surface area (Å²) in [5, 5.41) is 7.54. The fourth-order valence-electron chi connectivity index (χ4n) is 2.21. The molecule has 124 valence electrons. The molecular weight excluding hydrogens is 366 g/mol. The molecule has 0 amide bonds. The molecule has 0 aliphatic rings. The lowest BCUT2D eigenvalue weighted by Crippen LogP contribution is -2.13. The van der Waals surface area contributed by atoms with Gasteiger partial charge in [-0.05, 0) is 30.3 Å². The van der Waals surface area contributed by atoms with Crippen molar-refractivity contribution in [3.8, 4) is 11.3 Å². The van der Waals surface area contributed by atoms with Gasteiger partial charge in [-0.15, -0.1) is 11.3 Å². The molecule has 3 rings (SSSR count). The van der Waals surface area contributed by atoms with Crippen LogP contribution in [0.3, 0.4) is 0 Å². The van der Waals surface area contributed by atoms with Gasteiger partial charge in [0, 0.05) is 23.0 Å². The lowest BCUT2D eigenvalue weighted by atomic mass is 10.2. The van der Waals surface area contributed by atoms with E-state index < -0.39 is 10.0 Å². The fourth-order valence-corrected chi connectivity index (χ4v) is 3.88. The quantitative estimate of drug-likeness (QED) is 0.757. The molecule has 0 aliphatic carbocycles. The average Bonchev–Trinajstić information content (AvgIpc) is 2.89. The highest BCUT2D eigenvalue weighted by Crippen LogP contribution is 2.30. The number of hydrogen-bond donors (Lipinski definition) is 1. The Morgan fingerprint density at radius 2 is 1.88 bits per heavy atom. The number of rotatable bonds is 3. The van der Waals surface area contributed by atoms with E-state index >= 15 is 0 Å². The number of thiazole rings is 1. The summed E-state index contributed by atoms with van der Waals surface area (Å²) in [5.41, 5.74) is 2.20. The van der Waals surface area contributed by atoms with Gasteiger partial charge in [-0.25, -0.2) is 18.5 Å². The third kappa shape index (κ3) is 3.44. The van der Waals surface area contributed by atoms with E-state index in [-0.39, 0.29) is 4.90 Å². The topological polar surface area (TPSA) is 77.5 Å². The molecule has 0 unspecified atom stereocenters. The second kappa shape index (κ2) is 6.52. The first kappa shape index (κ1) is 16.9. The zero-order valence-corrected chi connectivity index (χ0v) is 15.1. The Hall–Kier alpha value is -1.93. The van der Waals surface area contributed by atoms with Gasteiger partial charge < -0.3 is 4.57 Å². The third-order valence-corrected chi connectivity index (χ3v) is 5.61. The summed E-state index contributed by atoms with van der Waals surface area (Å²) in [4.78, 5) is 5.38. The van der Waals surface area contributed by atoms with Gasteiger partial charge in [0.2, 0.25) is 10.0 Å². The number of aromatic nitrogens is 1. The number of benzene rings is 2. The molecule has 5 nitrogen and oxygen atoms in total. The van der Waals surface area contributed by atoms with Crippen molar-refractivity contribution >= 4 is 38.6 Å². The summed E-state index contributed by atoms with van der Waals surface area (Å²) < 4.78 is 25.0. The fraction of sp³-hybridized carbons (Fsp3) is 0.0625. The zero-order chi connectivity index (χ0) is 17.3. The van der Waals surface area contributed by atoms with Gasteiger partial charge in [0.25, 0.3) is 0 Å². The van der Waals surface area contributed by atoms with Crippen molar-refractivity contribution in [3.63, 3.8) is 0 Å². The highest BCUT2D eigenvalue weighted by Gasteiger charge is 2.14. The van der Waals surface area contributed by atoms with Crippen LogP contribution in [0.5, 0.6) is 0 Å². The molecule has 8 heteroatoms. The van der Waals surface area contributed by atoms with Crippen molar-refractivity contribution in [1.82, 2.24) is 4.57 Å². The maximum Gasteiger partial charge on any atom is 0.238 e. The predicted octanol–water partition coefficient (Wildman–Crippen LogP) is 3.29. The first-order valence-electron chi connectivity index (χ1n) is 6.93. The van der Waals surface area contributed by atoms with Gasteiger partial charge in [0.1, 0.15) is 0 Å². The highest BCUT2D eigenvalue weighted by atomic mass is 35.5. The van der Waals surface area contributed by atoms with Gasteiger partial charge in [-0.1, -0.05) is 29.8 Å². The van der Waals surface area contributed by atoms with Gasteiger partial charge in [-0.2, -0.15) is 0 Å². The summed E-state index contributed by atoms with van der Waals surface area (Å²) in [5.74, 6) is 0. The first-order valence-corrected chi connectivity index (χ1v) is 9.73. The van der Waals surface area contributed by atoms with Crippen LogP contribution in [0.25, 0.3) is 11.3 Å². The lowest BCUT2D eigenvalue weighted by molar-refractivity contribution is 0.598. The molecule has 0 radical (unpaired) electrons. The van der Waals surface area contributed by atoms with Crippen molar-refractivity contribution in [1.29, 1.82) is 0 Å². The number of hydrogen-bond acceptors (Lipinski definition) is 4.